The van der Waals surface area contributed by atoms with E-state index >= 15 is 0 Å². The van der Waals surface area contributed by atoms with E-state index in [0.29, 0.717) is 10.8 Å². The van der Waals surface area contributed by atoms with Crippen molar-refractivity contribution in [2.45, 2.75) is 13.0 Å². The van der Waals surface area contributed by atoms with Crippen molar-refractivity contribution < 1.29 is 18.8 Å². The van der Waals surface area contributed by atoms with Crippen LogP contribution in [0, 0.1) is 15.9 Å². The monoisotopic (exact) mass is 387 g/mol. The highest BCUT2D eigenvalue weighted by Crippen LogP contribution is 2.29. The zero-order chi connectivity index (χ0) is 19.4. The molecule has 3 aromatic rings. The number of ether oxygens (including phenoxy) is 1. The molecule has 1 N–H and O–H groups in total. The Hall–Kier alpha value is -3.33. The Bertz CT molecular complexity index is 978. The average Bonchev–Trinajstić information content (AvgIpc) is 3.10. The first-order valence-corrected chi connectivity index (χ1v) is 8.74. The number of nitro benzene ring substituents is 1. The summed E-state index contributed by atoms with van der Waals surface area (Å²) in [5.41, 5.74) is 1.20. The van der Waals surface area contributed by atoms with Crippen molar-refractivity contribution in [2.75, 3.05) is 5.32 Å². The zero-order valence-electron chi connectivity index (χ0n) is 14.1. The number of hydrogen-bond donors (Lipinski definition) is 1. The molecule has 1 aromatic heterocycles. The molecule has 27 heavy (non-hydrogen) atoms. The van der Waals surface area contributed by atoms with Gasteiger partial charge in [-0.1, -0.05) is 30.3 Å². The minimum absolute atomic E-state index is 0.313. The van der Waals surface area contributed by atoms with Crippen molar-refractivity contribution >= 4 is 28.1 Å². The standard InChI is InChI=1S/C18H14FN3O4S/c1-11(26-16-9-13(19)7-8-15(16)22(24)25)17(23)21-18-20-14(10-27-18)12-5-3-2-4-6-12/h2-11H,1H3,(H,20,21,23). The molecule has 1 heterocycles. The number of nitrogens with zero attached hydrogens (tertiary/aromatic N) is 2. The van der Waals surface area contributed by atoms with Crippen molar-refractivity contribution in [3.8, 4) is 17.0 Å². The third-order valence-corrected chi connectivity index (χ3v) is 4.35. The van der Waals surface area contributed by atoms with Gasteiger partial charge in [0.05, 0.1) is 10.6 Å². The lowest BCUT2D eigenvalue weighted by molar-refractivity contribution is -0.386. The Labute approximate surface area is 157 Å². The van der Waals surface area contributed by atoms with Crippen LogP contribution in [0.25, 0.3) is 11.3 Å². The van der Waals surface area contributed by atoms with Crippen LogP contribution < -0.4 is 10.1 Å². The van der Waals surface area contributed by atoms with Crippen LogP contribution in [0.3, 0.4) is 0 Å². The minimum atomic E-state index is -1.09. The van der Waals surface area contributed by atoms with Crippen molar-refractivity contribution in [1.29, 1.82) is 0 Å². The van der Waals surface area contributed by atoms with Gasteiger partial charge in [-0.2, -0.15) is 0 Å². The van der Waals surface area contributed by atoms with Crippen molar-refractivity contribution in [3.05, 3.63) is 69.8 Å². The quantitative estimate of drug-likeness (QED) is 0.504. The maximum absolute atomic E-state index is 13.4. The van der Waals surface area contributed by atoms with Crippen LogP contribution in [0.15, 0.2) is 53.9 Å². The lowest BCUT2D eigenvalue weighted by Gasteiger charge is -2.13. The van der Waals surface area contributed by atoms with Crippen molar-refractivity contribution in [1.82, 2.24) is 4.98 Å². The Balaban J connectivity index is 1.69. The molecular weight excluding hydrogens is 373 g/mol. The fourth-order valence-electron chi connectivity index (χ4n) is 2.26. The van der Waals surface area contributed by atoms with E-state index in [-0.39, 0.29) is 5.75 Å². The molecule has 0 radical (unpaired) electrons. The zero-order valence-corrected chi connectivity index (χ0v) is 14.9. The number of anilines is 1. The average molecular weight is 387 g/mol. The van der Waals surface area contributed by atoms with Crippen molar-refractivity contribution in [3.63, 3.8) is 0 Å². The van der Waals surface area contributed by atoms with E-state index in [4.69, 9.17) is 4.74 Å². The summed E-state index contributed by atoms with van der Waals surface area (Å²) in [6, 6.07) is 12.3. The van der Waals surface area contributed by atoms with E-state index < -0.39 is 28.4 Å². The lowest BCUT2D eigenvalue weighted by atomic mass is 10.2. The smallest absolute Gasteiger partial charge is 0.311 e. The van der Waals surface area contributed by atoms with E-state index in [1.807, 2.05) is 30.3 Å². The molecule has 0 aliphatic heterocycles. The van der Waals surface area contributed by atoms with Gasteiger partial charge in [-0.05, 0) is 13.0 Å². The number of nitrogens with one attached hydrogen (secondary N) is 1. The summed E-state index contributed by atoms with van der Waals surface area (Å²) < 4.78 is 18.7. The summed E-state index contributed by atoms with van der Waals surface area (Å²) in [4.78, 5) is 26.9. The maximum atomic E-state index is 13.4. The molecule has 1 amide bonds. The lowest BCUT2D eigenvalue weighted by Crippen LogP contribution is -2.30. The first-order chi connectivity index (χ1) is 12.9. The molecule has 1 unspecified atom stereocenters. The third kappa shape index (κ3) is 4.45. The molecule has 2 aromatic carbocycles. The predicted molar refractivity (Wildman–Crippen MR) is 99.3 cm³/mol. The first kappa shape index (κ1) is 18.5. The molecule has 0 saturated heterocycles. The van der Waals surface area contributed by atoms with Gasteiger partial charge in [-0.3, -0.25) is 20.2 Å². The molecule has 0 bridgehead atoms. The third-order valence-electron chi connectivity index (χ3n) is 3.60. The van der Waals surface area contributed by atoms with Crippen LogP contribution in [-0.2, 0) is 4.79 Å². The summed E-state index contributed by atoms with van der Waals surface area (Å²) in [6.45, 7) is 1.41. The van der Waals surface area contributed by atoms with Gasteiger partial charge in [0, 0.05) is 23.1 Å². The molecule has 1 atom stereocenters. The Morgan fingerprint density at radius 1 is 1.30 bits per heavy atom. The highest BCUT2D eigenvalue weighted by atomic mass is 32.1. The van der Waals surface area contributed by atoms with Crippen LogP contribution in [0.4, 0.5) is 15.2 Å². The van der Waals surface area contributed by atoms with Crippen LogP contribution in [0.1, 0.15) is 6.92 Å². The van der Waals surface area contributed by atoms with Gasteiger partial charge in [0.15, 0.2) is 11.2 Å². The van der Waals surface area contributed by atoms with E-state index in [2.05, 4.69) is 10.3 Å². The van der Waals surface area contributed by atoms with Crippen molar-refractivity contribution in [2.24, 2.45) is 0 Å². The van der Waals surface area contributed by atoms with Crippen LogP contribution in [-0.4, -0.2) is 21.9 Å². The van der Waals surface area contributed by atoms with Gasteiger partial charge in [-0.25, -0.2) is 9.37 Å². The Kier molecular flexibility index (Phi) is 5.41. The number of aromatic nitrogens is 1. The maximum Gasteiger partial charge on any atom is 0.311 e. The van der Waals surface area contributed by atoms with Gasteiger partial charge in [0.25, 0.3) is 5.91 Å². The topological polar surface area (TPSA) is 94.4 Å². The number of hydrogen-bond acceptors (Lipinski definition) is 6. The second-order valence-corrected chi connectivity index (χ2v) is 6.38. The number of benzene rings is 2. The van der Waals surface area contributed by atoms with E-state index in [1.54, 1.807) is 5.38 Å². The van der Waals surface area contributed by atoms with Crippen LogP contribution >= 0.6 is 11.3 Å². The SMILES string of the molecule is CC(Oc1cc(F)ccc1[N+](=O)[O-])C(=O)Nc1nc(-c2ccccc2)cs1. The number of carbonyl (C=O) groups is 1. The Morgan fingerprint density at radius 2 is 2.04 bits per heavy atom. The van der Waals surface area contributed by atoms with Gasteiger partial charge in [0.1, 0.15) is 5.82 Å². The first-order valence-electron chi connectivity index (χ1n) is 7.86. The fourth-order valence-corrected chi connectivity index (χ4v) is 2.98. The fraction of sp³-hybridized carbons (Fsp3) is 0.111. The molecule has 0 spiro atoms. The molecule has 9 heteroatoms. The largest absolute Gasteiger partial charge is 0.474 e. The summed E-state index contributed by atoms with van der Waals surface area (Å²) >= 11 is 1.24. The molecule has 0 aliphatic rings. The molecule has 3 rings (SSSR count). The van der Waals surface area contributed by atoms with Gasteiger partial charge in [-0.15, -0.1) is 11.3 Å². The highest BCUT2D eigenvalue weighted by Gasteiger charge is 2.22. The van der Waals surface area contributed by atoms with E-state index in [9.17, 15) is 19.3 Å². The number of nitro groups is 1. The second-order valence-electron chi connectivity index (χ2n) is 5.52. The summed E-state index contributed by atoms with van der Waals surface area (Å²) in [7, 11) is 0. The predicted octanol–water partition coefficient (Wildman–Crippen LogP) is 4.26. The van der Waals surface area contributed by atoms with E-state index in [0.717, 1.165) is 23.8 Å². The molecule has 0 aliphatic carbocycles. The molecule has 0 fully saturated rings. The molecule has 0 saturated carbocycles. The number of thiazole rings is 1. The van der Waals surface area contributed by atoms with Crippen LogP contribution in [0.5, 0.6) is 5.75 Å². The summed E-state index contributed by atoms with van der Waals surface area (Å²) in [5, 5.41) is 15.8. The minimum Gasteiger partial charge on any atom is -0.474 e. The second kappa shape index (κ2) is 7.92. The normalized spacial score (nSPS) is 11.6. The number of carbonyl (C=O) groups excluding carboxylic acids is 1. The van der Waals surface area contributed by atoms with Gasteiger partial charge in [0.2, 0.25) is 5.75 Å². The molecule has 7 nitrogen and oxygen atoms in total. The van der Waals surface area contributed by atoms with E-state index in [1.165, 1.54) is 18.3 Å². The van der Waals surface area contributed by atoms with Gasteiger partial charge >= 0.3 is 5.69 Å². The molecule has 138 valence electrons. The number of halogens is 1. The van der Waals surface area contributed by atoms with Gasteiger partial charge < -0.3 is 4.74 Å². The molecular formula is C18H14FN3O4S. The summed E-state index contributed by atoms with van der Waals surface area (Å²) in [6.07, 6.45) is -1.09. The number of amides is 1. The summed E-state index contributed by atoms with van der Waals surface area (Å²) in [5.74, 6) is -1.56. The number of rotatable bonds is 6. The highest BCUT2D eigenvalue weighted by molar-refractivity contribution is 7.14. The Morgan fingerprint density at radius 3 is 2.74 bits per heavy atom. The van der Waals surface area contributed by atoms with Crippen LogP contribution in [0.2, 0.25) is 0 Å².